The molecule has 0 saturated carbocycles. The molecule has 0 unspecified atom stereocenters. The predicted octanol–water partition coefficient (Wildman–Crippen LogP) is 11.6. The summed E-state index contributed by atoms with van der Waals surface area (Å²) in [5, 5.41) is 0. The average Bonchev–Trinajstić information content (AvgIpc) is 2.86. The Balaban J connectivity index is 5.22. The molecular weight excluding hydrogens is 479 g/mol. The summed E-state index contributed by atoms with van der Waals surface area (Å²) in [6.07, 6.45) is 31.0. The summed E-state index contributed by atoms with van der Waals surface area (Å²) >= 11 is 1.80. The van der Waals surface area contributed by atoms with Gasteiger partial charge in [-0.25, -0.2) is 0 Å². The number of hydrogen-bond donors (Lipinski definition) is 0. The van der Waals surface area contributed by atoms with Crippen molar-refractivity contribution >= 4 is 24.6 Å². The maximum absolute atomic E-state index is 13.2. The van der Waals surface area contributed by atoms with E-state index in [-0.39, 0.29) is 5.97 Å². The molecule has 0 atom stereocenters. The Kier molecular flexibility index (Phi) is 24.5. The molecule has 0 aliphatic carbocycles. The molecule has 0 aliphatic heterocycles. The SMILES string of the molecule is CCCCCCCCP(C)(CCCCCCCC)(CCCCCCCC)OC(=O)CSCCCCC. The Morgan fingerprint density at radius 3 is 1.25 bits per heavy atom. The third-order valence-electron chi connectivity index (χ3n) is 7.93. The minimum absolute atomic E-state index is 0.0969. The van der Waals surface area contributed by atoms with E-state index < -0.39 is 6.83 Å². The van der Waals surface area contributed by atoms with Gasteiger partial charge in [0, 0.05) is 0 Å². The first-order chi connectivity index (χ1) is 17.4. The Hall–Kier alpha value is 0.250. The van der Waals surface area contributed by atoms with Gasteiger partial charge in [0.1, 0.15) is 0 Å². The zero-order valence-electron chi connectivity index (χ0n) is 25.6. The van der Waals surface area contributed by atoms with Crippen LogP contribution in [0.1, 0.15) is 163 Å². The molecule has 0 aromatic rings. The van der Waals surface area contributed by atoms with E-state index in [1.54, 1.807) is 11.8 Å². The van der Waals surface area contributed by atoms with E-state index in [2.05, 4.69) is 34.4 Å². The van der Waals surface area contributed by atoms with E-state index in [0.29, 0.717) is 5.75 Å². The Morgan fingerprint density at radius 2 is 0.861 bits per heavy atom. The normalized spacial score (nSPS) is 13.0. The van der Waals surface area contributed by atoms with Crippen LogP contribution in [0.3, 0.4) is 0 Å². The van der Waals surface area contributed by atoms with Gasteiger partial charge in [0.25, 0.3) is 0 Å². The number of thioether (sulfide) groups is 1. The molecule has 0 saturated heterocycles. The molecule has 0 fully saturated rings. The summed E-state index contributed by atoms with van der Waals surface area (Å²) in [4.78, 5) is 13.2. The average molecular weight is 547 g/mol. The van der Waals surface area contributed by atoms with Crippen LogP contribution in [0.25, 0.3) is 0 Å². The molecule has 0 spiro atoms. The van der Waals surface area contributed by atoms with Crippen molar-refractivity contribution in [2.75, 3.05) is 36.7 Å². The fraction of sp³-hybridized carbons (Fsp3) is 0.969. The number of hydrogen-bond acceptors (Lipinski definition) is 3. The Labute approximate surface area is 232 Å². The molecule has 0 bridgehead atoms. The van der Waals surface area contributed by atoms with E-state index in [1.165, 1.54) is 153 Å². The van der Waals surface area contributed by atoms with Gasteiger partial charge < -0.3 is 0 Å². The molecule has 0 aromatic heterocycles. The van der Waals surface area contributed by atoms with Gasteiger partial charge in [-0.1, -0.05) is 0 Å². The van der Waals surface area contributed by atoms with E-state index in [9.17, 15) is 4.79 Å². The molecule has 0 radical (unpaired) electrons. The number of rotatable bonds is 28. The van der Waals surface area contributed by atoms with E-state index in [0.717, 1.165) is 5.75 Å². The first-order valence-corrected chi connectivity index (χ1v) is 20.6. The zero-order chi connectivity index (χ0) is 26.8. The summed E-state index contributed by atoms with van der Waals surface area (Å²) in [7, 11) is 0. The van der Waals surface area contributed by atoms with Crippen LogP contribution in [0.2, 0.25) is 0 Å². The van der Waals surface area contributed by atoms with Crippen LogP contribution in [0, 0.1) is 0 Å². The van der Waals surface area contributed by atoms with Gasteiger partial charge in [0.2, 0.25) is 0 Å². The van der Waals surface area contributed by atoms with Crippen LogP contribution in [0.15, 0.2) is 0 Å². The van der Waals surface area contributed by atoms with Crippen molar-refractivity contribution < 1.29 is 9.32 Å². The molecule has 0 N–H and O–H groups in total. The van der Waals surface area contributed by atoms with Gasteiger partial charge in [0.05, 0.1) is 0 Å². The van der Waals surface area contributed by atoms with Crippen LogP contribution >= 0.6 is 18.6 Å². The maximum atomic E-state index is 13.2. The van der Waals surface area contributed by atoms with Crippen LogP contribution in [-0.2, 0) is 9.32 Å². The summed E-state index contributed by atoms with van der Waals surface area (Å²) in [6, 6.07) is 0. The summed E-state index contributed by atoms with van der Waals surface area (Å²) in [6.45, 7) is 9.09. The molecule has 36 heavy (non-hydrogen) atoms. The quantitative estimate of drug-likeness (QED) is 0.0721. The van der Waals surface area contributed by atoms with Crippen molar-refractivity contribution in [3.05, 3.63) is 0 Å². The summed E-state index contributed by atoms with van der Waals surface area (Å²) in [5.74, 6) is 1.74. The number of unbranched alkanes of at least 4 members (excludes halogenated alkanes) is 17. The topological polar surface area (TPSA) is 26.3 Å². The fourth-order valence-electron chi connectivity index (χ4n) is 5.44. The van der Waals surface area contributed by atoms with Gasteiger partial charge in [-0.3, -0.25) is 0 Å². The molecule has 0 aliphatic rings. The third kappa shape index (κ3) is 20.2. The van der Waals surface area contributed by atoms with E-state index in [4.69, 9.17) is 4.52 Å². The number of carbonyl (C=O) groups excluding carboxylic acids is 1. The first-order valence-electron chi connectivity index (χ1n) is 16.2. The van der Waals surface area contributed by atoms with E-state index >= 15 is 0 Å². The van der Waals surface area contributed by atoms with Crippen molar-refractivity contribution in [2.45, 2.75) is 163 Å². The van der Waals surface area contributed by atoms with Crippen molar-refractivity contribution in [3.8, 4) is 0 Å². The second-order valence-corrected chi connectivity index (χ2v) is 18.9. The molecular formula is C32H67O2PS. The Morgan fingerprint density at radius 1 is 0.528 bits per heavy atom. The monoisotopic (exact) mass is 546 g/mol. The molecule has 218 valence electrons. The third-order valence-corrected chi connectivity index (χ3v) is 14.5. The minimum atomic E-state index is -2.50. The fourth-order valence-corrected chi connectivity index (χ4v) is 11.3. The molecule has 4 heteroatoms. The second kappa shape index (κ2) is 24.3. The molecule has 0 aromatic carbocycles. The number of carbonyl (C=O) groups is 1. The van der Waals surface area contributed by atoms with Crippen molar-refractivity contribution in [1.82, 2.24) is 0 Å². The molecule has 0 amide bonds. The molecule has 2 nitrogen and oxygen atoms in total. The summed E-state index contributed by atoms with van der Waals surface area (Å²) in [5.41, 5.74) is 0. The van der Waals surface area contributed by atoms with Crippen molar-refractivity contribution in [1.29, 1.82) is 0 Å². The van der Waals surface area contributed by atoms with Crippen LogP contribution in [0.5, 0.6) is 0 Å². The first kappa shape index (κ1) is 36.2. The Bertz CT molecular complexity index is 453. The molecule has 0 heterocycles. The van der Waals surface area contributed by atoms with E-state index in [1.807, 2.05) is 0 Å². The second-order valence-electron chi connectivity index (χ2n) is 11.9. The van der Waals surface area contributed by atoms with Gasteiger partial charge in [0.15, 0.2) is 0 Å². The van der Waals surface area contributed by atoms with Gasteiger partial charge in [-0.05, 0) is 0 Å². The van der Waals surface area contributed by atoms with Crippen LogP contribution in [-0.4, -0.2) is 42.6 Å². The standard InChI is InChI=1S/C32H67O2PS/c1-6-10-14-17-20-23-27-35(5,28-24-21-18-15-11-7-2,29-25-22-19-16-12-8-3)34-32(33)31-36-30-26-13-9-4/h6-31H2,1-5H3. The van der Waals surface area contributed by atoms with Crippen molar-refractivity contribution in [3.63, 3.8) is 0 Å². The van der Waals surface area contributed by atoms with Crippen LogP contribution < -0.4 is 0 Å². The van der Waals surface area contributed by atoms with Gasteiger partial charge in [-0.15, -0.1) is 0 Å². The molecule has 0 rings (SSSR count). The van der Waals surface area contributed by atoms with Gasteiger partial charge in [-0.2, -0.15) is 0 Å². The van der Waals surface area contributed by atoms with Crippen LogP contribution in [0.4, 0.5) is 0 Å². The van der Waals surface area contributed by atoms with Gasteiger partial charge >= 0.3 is 233 Å². The summed E-state index contributed by atoms with van der Waals surface area (Å²) < 4.78 is 6.79. The predicted molar refractivity (Wildman–Crippen MR) is 171 cm³/mol. The van der Waals surface area contributed by atoms with Crippen molar-refractivity contribution in [2.24, 2.45) is 0 Å². The zero-order valence-corrected chi connectivity index (χ0v) is 27.3.